The lowest BCUT2D eigenvalue weighted by Gasteiger charge is -2.38. The van der Waals surface area contributed by atoms with Gasteiger partial charge in [0.2, 0.25) is 5.91 Å². The van der Waals surface area contributed by atoms with Gasteiger partial charge in [-0.2, -0.15) is 0 Å². The average Bonchev–Trinajstić information content (AvgIpc) is 3.44. The van der Waals surface area contributed by atoms with Crippen molar-refractivity contribution in [2.45, 2.75) is 50.9 Å². The normalized spacial score (nSPS) is 26.2. The molecule has 2 N–H and O–H groups in total. The Balaban J connectivity index is 1.56. The summed E-state index contributed by atoms with van der Waals surface area (Å²) in [4.78, 5) is 33.5. The van der Waals surface area contributed by atoms with Gasteiger partial charge in [0, 0.05) is 56.6 Å². The van der Waals surface area contributed by atoms with Crippen molar-refractivity contribution in [3.8, 4) is 0 Å². The molecule has 1 amide bonds. The van der Waals surface area contributed by atoms with Crippen molar-refractivity contribution >= 4 is 11.5 Å². The van der Waals surface area contributed by atoms with Crippen molar-refractivity contribution in [2.75, 3.05) is 26.9 Å². The van der Waals surface area contributed by atoms with Crippen LogP contribution in [0.5, 0.6) is 0 Å². The number of aromatic nitrogens is 2. The molecule has 4 atom stereocenters. The second kappa shape index (κ2) is 9.85. The van der Waals surface area contributed by atoms with Gasteiger partial charge in [-0.05, 0) is 43.4 Å². The van der Waals surface area contributed by atoms with E-state index >= 15 is 0 Å². The number of fused-ring (bicyclic) bond motifs is 4. The molecule has 5 rings (SSSR count). The van der Waals surface area contributed by atoms with Gasteiger partial charge >= 0.3 is 0 Å². The Morgan fingerprint density at radius 2 is 2.24 bits per heavy atom. The first kappa shape index (κ1) is 23.0. The second-order valence-electron chi connectivity index (χ2n) is 9.38. The van der Waals surface area contributed by atoms with E-state index in [0.29, 0.717) is 26.2 Å². The van der Waals surface area contributed by atoms with Gasteiger partial charge in [-0.3, -0.25) is 14.5 Å². The molecule has 1 saturated heterocycles. The smallest absolute Gasteiger partial charge is 0.258 e. The zero-order valence-corrected chi connectivity index (χ0v) is 19.5. The minimum Gasteiger partial charge on any atom is -0.451 e. The van der Waals surface area contributed by atoms with Gasteiger partial charge in [0.1, 0.15) is 6.26 Å². The van der Waals surface area contributed by atoms with E-state index in [1.54, 1.807) is 13.4 Å². The van der Waals surface area contributed by atoms with Crippen LogP contribution in [0.2, 0.25) is 0 Å². The molecule has 0 spiro atoms. The molecule has 1 fully saturated rings. The topological polar surface area (TPSA) is 110 Å². The highest BCUT2D eigenvalue weighted by Crippen LogP contribution is 2.49. The Morgan fingerprint density at radius 3 is 2.94 bits per heavy atom. The monoisotopic (exact) mass is 468 g/mol. The summed E-state index contributed by atoms with van der Waals surface area (Å²) < 4.78 is 12.1. The molecule has 2 aromatic heterocycles. The first-order chi connectivity index (χ1) is 16.6. The van der Waals surface area contributed by atoms with Crippen LogP contribution in [0.4, 0.5) is 0 Å². The number of nitrogens with one attached hydrogen (secondary N) is 1. The van der Waals surface area contributed by atoms with E-state index in [1.807, 2.05) is 16.7 Å². The molecule has 9 nitrogen and oxygen atoms in total. The number of ether oxygens (including phenoxy) is 1. The lowest BCUT2D eigenvalue weighted by atomic mass is 9.86. The van der Waals surface area contributed by atoms with Crippen LogP contribution in [0, 0.1) is 11.8 Å². The molecular weight excluding hydrogens is 436 g/mol. The van der Waals surface area contributed by atoms with E-state index in [9.17, 15) is 14.7 Å². The maximum absolute atomic E-state index is 13.6. The number of methoxy groups -OCH3 is 1. The predicted octanol–water partition coefficient (Wildman–Crippen LogP) is 1.72. The highest BCUT2D eigenvalue weighted by atomic mass is 16.5. The number of allylic oxidation sites excluding steroid dienone is 2. The van der Waals surface area contributed by atoms with Crippen LogP contribution in [0.1, 0.15) is 48.7 Å². The van der Waals surface area contributed by atoms with E-state index < -0.39 is 5.92 Å². The fourth-order valence-electron chi connectivity index (χ4n) is 5.97. The van der Waals surface area contributed by atoms with Crippen LogP contribution < -0.4 is 10.9 Å². The first-order valence-corrected chi connectivity index (χ1v) is 12.1. The molecule has 2 aromatic rings. The molecule has 34 heavy (non-hydrogen) atoms. The van der Waals surface area contributed by atoms with Crippen LogP contribution in [0.3, 0.4) is 0 Å². The summed E-state index contributed by atoms with van der Waals surface area (Å²) in [6.45, 7) is 1.57. The molecule has 0 saturated carbocycles. The largest absolute Gasteiger partial charge is 0.451 e. The summed E-state index contributed by atoms with van der Waals surface area (Å²) in [5.74, 6) is -0.934. The fraction of sp³-hybridized carbons (Fsp3) is 0.560. The van der Waals surface area contributed by atoms with E-state index in [1.165, 1.54) is 6.39 Å². The van der Waals surface area contributed by atoms with Gasteiger partial charge in [0.15, 0.2) is 6.39 Å². The maximum Gasteiger partial charge on any atom is 0.258 e. The van der Waals surface area contributed by atoms with Gasteiger partial charge < -0.3 is 24.1 Å². The van der Waals surface area contributed by atoms with Crippen molar-refractivity contribution in [3.05, 3.63) is 58.2 Å². The number of carbonyl (C=O) groups is 1. The summed E-state index contributed by atoms with van der Waals surface area (Å²) >= 11 is 0. The van der Waals surface area contributed by atoms with Gasteiger partial charge in [-0.25, -0.2) is 4.98 Å². The highest BCUT2D eigenvalue weighted by molar-refractivity contribution is 5.80. The Labute approximate surface area is 198 Å². The standard InChI is InChI=1S/C25H32N4O5/c1-33-10-9-26-24(31)22-19(13-30)21-12-29-20(23(22)28(21)11-17-14-34-15-27-17)8-7-18(25(29)32)16-5-3-2-4-6-16/h5,7-8,14-15,19,21-23,30H,2-4,6,9-13H2,1H3,(H,26,31)/t19-,21-,22+,23+/m0/s1. The minimum absolute atomic E-state index is 0.00105. The van der Waals surface area contributed by atoms with E-state index in [4.69, 9.17) is 9.15 Å². The molecule has 0 unspecified atom stereocenters. The van der Waals surface area contributed by atoms with Crippen molar-refractivity contribution in [1.29, 1.82) is 0 Å². The zero-order chi connectivity index (χ0) is 23.7. The molecule has 2 aliphatic heterocycles. The second-order valence-corrected chi connectivity index (χ2v) is 9.38. The molecular formula is C25H32N4O5. The number of nitrogens with zero attached hydrogens (tertiary/aromatic N) is 3. The van der Waals surface area contributed by atoms with Crippen LogP contribution in [-0.4, -0.2) is 58.4 Å². The summed E-state index contributed by atoms with van der Waals surface area (Å²) in [5.41, 5.74) is 3.45. The lowest BCUT2D eigenvalue weighted by molar-refractivity contribution is -0.127. The van der Waals surface area contributed by atoms with E-state index in [0.717, 1.165) is 48.2 Å². The number of aliphatic hydroxyl groups is 1. The van der Waals surface area contributed by atoms with Crippen molar-refractivity contribution in [2.24, 2.45) is 11.8 Å². The molecule has 4 heterocycles. The van der Waals surface area contributed by atoms with Crippen LogP contribution in [0.15, 0.2) is 40.1 Å². The lowest BCUT2D eigenvalue weighted by Crippen LogP contribution is -2.46. The summed E-state index contributed by atoms with van der Waals surface area (Å²) in [7, 11) is 1.59. The van der Waals surface area contributed by atoms with Gasteiger partial charge in [-0.15, -0.1) is 0 Å². The van der Waals surface area contributed by atoms with Crippen molar-refractivity contribution in [3.63, 3.8) is 0 Å². The zero-order valence-electron chi connectivity index (χ0n) is 19.5. The third kappa shape index (κ3) is 4.01. The third-order valence-corrected chi connectivity index (χ3v) is 7.54. The number of aliphatic hydroxyl groups excluding tert-OH is 1. The first-order valence-electron chi connectivity index (χ1n) is 12.1. The van der Waals surface area contributed by atoms with Gasteiger partial charge in [0.25, 0.3) is 5.56 Å². The quantitative estimate of drug-likeness (QED) is 0.568. The molecule has 9 heteroatoms. The minimum atomic E-state index is -0.494. The molecule has 0 aromatic carbocycles. The summed E-state index contributed by atoms with van der Waals surface area (Å²) in [5, 5.41) is 13.4. The molecule has 182 valence electrons. The SMILES string of the molecule is COCCNC(=O)[C@@H]1[C@@H](CO)[C@@H]2Cn3c(ccc(C4=CCCCC4)c3=O)[C@H]1N2Cc1cocn1. The van der Waals surface area contributed by atoms with Crippen molar-refractivity contribution < 1.29 is 19.1 Å². The summed E-state index contributed by atoms with van der Waals surface area (Å²) in [6.07, 6.45) is 9.36. The van der Waals surface area contributed by atoms with Crippen LogP contribution >= 0.6 is 0 Å². The third-order valence-electron chi connectivity index (χ3n) is 7.54. The van der Waals surface area contributed by atoms with E-state index in [-0.39, 0.29) is 36.1 Å². The summed E-state index contributed by atoms with van der Waals surface area (Å²) in [6, 6.07) is 3.40. The Hall–Kier alpha value is -2.75. The number of amides is 1. The molecule has 0 radical (unpaired) electrons. The molecule has 2 bridgehead atoms. The van der Waals surface area contributed by atoms with E-state index in [2.05, 4.69) is 21.3 Å². The van der Waals surface area contributed by atoms with Gasteiger partial charge in [-0.1, -0.05) is 6.08 Å². The number of hydrogen-bond donors (Lipinski definition) is 2. The molecule has 1 aliphatic carbocycles. The Bertz CT molecular complexity index is 1110. The number of carbonyl (C=O) groups excluding carboxylic acids is 1. The van der Waals surface area contributed by atoms with Crippen molar-refractivity contribution in [1.82, 2.24) is 19.8 Å². The number of hydrogen-bond acceptors (Lipinski definition) is 7. The van der Waals surface area contributed by atoms with Crippen LogP contribution in [-0.2, 0) is 22.6 Å². The van der Waals surface area contributed by atoms with Crippen LogP contribution in [0.25, 0.3) is 5.57 Å². The number of oxazole rings is 1. The predicted molar refractivity (Wildman–Crippen MR) is 125 cm³/mol. The average molecular weight is 469 g/mol. The fourth-order valence-corrected chi connectivity index (χ4v) is 5.97. The highest BCUT2D eigenvalue weighted by Gasteiger charge is 2.55. The number of rotatable bonds is 8. The van der Waals surface area contributed by atoms with Gasteiger partial charge in [0.05, 0.1) is 24.3 Å². The molecule has 3 aliphatic rings. The Morgan fingerprint density at radius 1 is 1.35 bits per heavy atom. The maximum atomic E-state index is 13.6. The number of pyridine rings is 1. The Kier molecular flexibility index (Phi) is 6.67.